The van der Waals surface area contributed by atoms with E-state index in [2.05, 4.69) is 20.0 Å². The van der Waals surface area contributed by atoms with Gasteiger partial charge in [-0.15, -0.1) is 12.4 Å². The van der Waals surface area contributed by atoms with Crippen LogP contribution >= 0.6 is 12.4 Å². The van der Waals surface area contributed by atoms with Crippen LogP contribution in [0.2, 0.25) is 0 Å². The first-order valence-corrected chi connectivity index (χ1v) is 12.8. The number of nitrogens with one attached hydrogen (secondary N) is 2. The second-order valence-electron chi connectivity index (χ2n) is 8.05. The van der Waals surface area contributed by atoms with Crippen molar-refractivity contribution in [2.45, 2.75) is 37.0 Å². The largest absolute Gasteiger partial charge is 0.383 e. The predicted molar refractivity (Wildman–Crippen MR) is 142 cm³/mol. The number of nitrogen functional groups attached to an aromatic ring is 1. The van der Waals surface area contributed by atoms with Crippen LogP contribution in [0.5, 0.6) is 0 Å². The molecule has 0 aliphatic carbocycles. The van der Waals surface area contributed by atoms with Gasteiger partial charge in [0, 0.05) is 18.5 Å². The third kappa shape index (κ3) is 6.56. The van der Waals surface area contributed by atoms with Crippen LogP contribution in [-0.4, -0.2) is 31.5 Å². The summed E-state index contributed by atoms with van der Waals surface area (Å²) in [5.74, 6) is 1.03. The van der Waals surface area contributed by atoms with Gasteiger partial charge in [0.2, 0.25) is 16.0 Å². The van der Waals surface area contributed by atoms with Gasteiger partial charge < -0.3 is 11.1 Å². The number of benzene rings is 3. The van der Waals surface area contributed by atoms with Crippen LogP contribution in [0.15, 0.2) is 71.6 Å². The monoisotopic (exact) mass is 499 g/mol. The second kappa shape index (κ2) is 12.0. The van der Waals surface area contributed by atoms with E-state index in [1.807, 2.05) is 54.6 Å². The molecule has 1 aromatic heterocycles. The number of nitrogens with zero attached hydrogens (tertiary/aromatic N) is 2. The van der Waals surface area contributed by atoms with Gasteiger partial charge in [-0.3, -0.25) is 0 Å². The molecule has 0 spiro atoms. The summed E-state index contributed by atoms with van der Waals surface area (Å²) in [5.41, 5.74) is 6.84. The van der Waals surface area contributed by atoms with Crippen molar-refractivity contribution in [3.05, 3.63) is 66.7 Å². The minimum absolute atomic E-state index is 0. The lowest BCUT2D eigenvalue weighted by Gasteiger charge is -2.09. The van der Waals surface area contributed by atoms with Gasteiger partial charge in [-0.2, -0.15) is 4.98 Å². The topological polar surface area (TPSA) is 110 Å². The number of para-hydroxylation sites is 1. The van der Waals surface area contributed by atoms with Crippen LogP contribution in [0.3, 0.4) is 0 Å². The number of hydrogen-bond acceptors (Lipinski definition) is 6. The normalized spacial score (nSPS) is 11.4. The smallest absolute Gasteiger partial charge is 0.240 e. The number of hydrogen-bond donors (Lipinski definition) is 3. The molecule has 0 amide bonds. The maximum atomic E-state index is 12.6. The Kier molecular flexibility index (Phi) is 9.04. The van der Waals surface area contributed by atoms with Crippen LogP contribution in [0.4, 0.5) is 11.8 Å². The van der Waals surface area contributed by atoms with E-state index in [4.69, 9.17) is 5.73 Å². The quantitative estimate of drug-likeness (QED) is 0.247. The minimum Gasteiger partial charge on any atom is -0.383 e. The van der Waals surface area contributed by atoms with E-state index in [1.54, 1.807) is 12.1 Å². The molecule has 0 aliphatic heterocycles. The van der Waals surface area contributed by atoms with Gasteiger partial charge in [0.15, 0.2) is 0 Å². The van der Waals surface area contributed by atoms with Crippen LogP contribution in [0, 0.1) is 0 Å². The molecule has 7 nitrogen and oxygen atoms in total. The van der Waals surface area contributed by atoms with Gasteiger partial charge in [0.1, 0.15) is 5.82 Å². The van der Waals surface area contributed by atoms with E-state index >= 15 is 0 Å². The van der Waals surface area contributed by atoms with E-state index in [1.165, 1.54) is 0 Å². The van der Waals surface area contributed by atoms with Crippen molar-refractivity contribution in [2.75, 3.05) is 24.1 Å². The van der Waals surface area contributed by atoms with Crippen molar-refractivity contribution in [3.63, 3.8) is 0 Å². The molecule has 0 unspecified atom stereocenters. The fourth-order valence-corrected chi connectivity index (χ4v) is 4.89. The molecule has 4 aromatic rings. The first kappa shape index (κ1) is 25.7. The second-order valence-corrected chi connectivity index (χ2v) is 9.82. The molecule has 34 heavy (non-hydrogen) atoms. The SMILES string of the molecule is Cl.Nc1nc(NCCCCCCCNS(=O)(=O)c2ccc3ccccc3c2)nc2ccccc12. The Morgan fingerprint density at radius 1 is 0.765 bits per heavy atom. The Morgan fingerprint density at radius 2 is 1.44 bits per heavy atom. The first-order chi connectivity index (χ1) is 16.0. The molecule has 0 atom stereocenters. The molecular weight excluding hydrogens is 470 g/mol. The maximum absolute atomic E-state index is 12.6. The van der Waals surface area contributed by atoms with Crippen molar-refractivity contribution in [1.29, 1.82) is 0 Å². The lowest BCUT2D eigenvalue weighted by Crippen LogP contribution is -2.24. The lowest BCUT2D eigenvalue weighted by molar-refractivity contribution is 0.570. The zero-order valence-electron chi connectivity index (χ0n) is 18.9. The third-order valence-electron chi connectivity index (χ3n) is 5.59. The number of aromatic nitrogens is 2. The molecule has 0 fully saturated rings. The van der Waals surface area contributed by atoms with Crippen LogP contribution in [0.1, 0.15) is 32.1 Å². The van der Waals surface area contributed by atoms with Gasteiger partial charge in [0.05, 0.1) is 10.4 Å². The Labute approximate surface area is 206 Å². The van der Waals surface area contributed by atoms with Crippen molar-refractivity contribution in [2.24, 2.45) is 0 Å². The molecule has 0 radical (unpaired) electrons. The summed E-state index contributed by atoms with van der Waals surface area (Å²) in [5, 5.41) is 6.05. The summed E-state index contributed by atoms with van der Waals surface area (Å²) >= 11 is 0. The molecule has 4 rings (SSSR count). The molecule has 3 aromatic carbocycles. The average molecular weight is 500 g/mol. The third-order valence-corrected chi connectivity index (χ3v) is 7.05. The molecule has 0 saturated heterocycles. The number of sulfonamides is 1. The summed E-state index contributed by atoms with van der Waals surface area (Å²) in [6.07, 6.45) is 4.86. The van der Waals surface area contributed by atoms with E-state index < -0.39 is 10.0 Å². The zero-order chi connectivity index (χ0) is 23.1. The number of unbranched alkanes of at least 4 members (excludes halogenated alkanes) is 4. The van der Waals surface area contributed by atoms with Gasteiger partial charge >= 0.3 is 0 Å². The highest BCUT2D eigenvalue weighted by Gasteiger charge is 2.13. The molecule has 0 bridgehead atoms. The Morgan fingerprint density at radius 3 is 2.26 bits per heavy atom. The van der Waals surface area contributed by atoms with Crippen LogP contribution in [-0.2, 0) is 10.0 Å². The molecule has 9 heteroatoms. The number of nitrogens with two attached hydrogens (primary N) is 1. The fourth-order valence-electron chi connectivity index (χ4n) is 3.79. The van der Waals surface area contributed by atoms with Crippen molar-refractivity contribution >= 4 is 55.9 Å². The van der Waals surface area contributed by atoms with Crippen molar-refractivity contribution in [1.82, 2.24) is 14.7 Å². The molecule has 1 heterocycles. The van der Waals surface area contributed by atoms with Gasteiger partial charge in [0.25, 0.3) is 0 Å². The van der Waals surface area contributed by atoms with Crippen molar-refractivity contribution in [3.8, 4) is 0 Å². The van der Waals surface area contributed by atoms with Gasteiger partial charge in [-0.25, -0.2) is 18.1 Å². The van der Waals surface area contributed by atoms with Crippen LogP contribution in [0.25, 0.3) is 21.7 Å². The van der Waals surface area contributed by atoms with Crippen molar-refractivity contribution < 1.29 is 8.42 Å². The molecule has 4 N–H and O–H groups in total. The fraction of sp³-hybridized carbons (Fsp3) is 0.280. The highest BCUT2D eigenvalue weighted by Crippen LogP contribution is 2.20. The summed E-state index contributed by atoms with van der Waals surface area (Å²) in [4.78, 5) is 9.12. The maximum Gasteiger partial charge on any atom is 0.240 e. The summed E-state index contributed by atoms with van der Waals surface area (Å²) in [6, 6.07) is 20.7. The Bertz CT molecular complexity index is 1350. The molecule has 180 valence electrons. The Hall–Kier alpha value is -2.94. The summed E-state index contributed by atoms with van der Waals surface area (Å²) < 4.78 is 27.8. The Balaban J connectivity index is 0.00000324. The van der Waals surface area contributed by atoms with E-state index in [-0.39, 0.29) is 12.4 Å². The average Bonchev–Trinajstić information content (AvgIpc) is 2.82. The number of fused-ring (bicyclic) bond motifs is 2. The number of rotatable bonds is 11. The standard InChI is InChI=1S/C25H29N5O2S.ClH/c26-24-22-12-6-7-13-23(22)29-25(30-24)27-16-8-2-1-3-9-17-28-33(31,32)21-15-14-19-10-4-5-11-20(19)18-21;/h4-7,10-15,18,28H,1-3,8-9,16-17H2,(H3,26,27,29,30);1H. The highest BCUT2D eigenvalue weighted by atomic mass is 35.5. The molecular formula is C25H30ClN5O2S. The first-order valence-electron chi connectivity index (χ1n) is 11.3. The minimum atomic E-state index is -3.49. The molecule has 0 aliphatic rings. The summed E-state index contributed by atoms with van der Waals surface area (Å²) in [7, 11) is -3.49. The van der Waals surface area contributed by atoms with Crippen LogP contribution < -0.4 is 15.8 Å². The van der Waals surface area contributed by atoms with E-state index in [0.29, 0.717) is 23.2 Å². The zero-order valence-corrected chi connectivity index (χ0v) is 20.5. The summed E-state index contributed by atoms with van der Waals surface area (Å²) in [6.45, 7) is 1.21. The van der Waals surface area contributed by atoms with Gasteiger partial charge in [-0.1, -0.05) is 61.7 Å². The lowest BCUT2D eigenvalue weighted by atomic mass is 10.1. The van der Waals surface area contributed by atoms with Gasteiger partial charge in [-0.05, 0) is 47.9 Å². The highest BCUT2D eigenvalue weighted by molar-refractivity contribution is 7.89. The van der Waals surface area contributed by atoms with E-state index in [9.17, 15) is 8.42 Å². The van der Waals surface area contributed by atoms with E-state index in [0.717, 1.165) is 60.3 Å². The molecule has 0 saturated carbocycles. The predicted octanol–water partition coefficient (Wildman–Crippen LogP) is 5.13. The number of halogens is 1. The number of anilines is 2.